The van der Waals surface area contributed by atoms with Crippen LogP contribution in [-0.2, 0) is 0 Å². The van der Waals surface area contributed by atoms with Gasteiger partial charge in [-0.25, -0.2) is 0 Å². The van der Waals surface area contributed by atoms with E-state index >= 15 is 0 Å². The molecule has 0 atom stereocenters. The highest BCUT2D eigenvalue weighted by atomic mass is 32.1. The van der Waals surface area contributed by atoms with Gasteiger partial charge < -0.3 is 14.2 Å². The van der Waals surface area contributed by atoms with Gasteiger partial charge in [-0.2, -0.15) is 0 Å². The van der Waals surface area contributed by atoms with Crippen molar-refractivity contribution in [3.63, 3.8) is 0 Å². The van der Waals surface area contributed by atoms with E-state index in [-0.39, 0.29) is 0 Å². The Morgan fingerprint density at radius 2 is 0.826 bits per heavy atom. The third kappa shape index (κ3) is 4.50. The molecule has 0 fully saturated rings. The van der Waals surface area contributed by atoms with Crippen molar-refractivity contribution >= 4 is 87.6 Å². The molecule has 2 heterocycles. The lowest BCUT2D eigenvalue weighted by molar-refractivity contribution is 0.669. The van der Waals surface area contributed by atoms with E-state index in [9.17, 15) is 0 Å². The summed E-state index contributed by atoms with van der Waals surface area (Å²) < 4.78 is 9.11. The third-order valence-electron chi connectivity index (χ3n) is 8.62. The zero-order chi connectivity index (χ0) is 30.5. The van der Waals surface area contributed by atoms with Crippen molar-refractivity contribution < 1.29 is 4.42 Å². The van der Waals surface area contributed by atoms with Gasteiger partial charge in [0.25, 0.3) is 0 Å². The summed E-state index contributed by atoms with van der Waals surface area (Å²) in [5.74, 6) is 0. The Balaban J connectivity index is 1.17. The second-order valence-corrected chi connectivity index (χ2v) is 12.5. The lowest BCUT2D eigenvalue weighted by atomic mass is 10.1. The van der Waals surface area contributed by atoms with Gasteiger partial charge >= 0.3 is 0 Å². The molecule has 0 saturated heterocycles. The maximum Gasteiger partial charge on any atom is 0.137 e. The highest BCUT2D eigenvalue weighted by molar-refractivity contribution is 7.25. The molecule has 0 N–H and O–H groups in total. The number of hydrogen-bond acceptors (Lipinski definition) is 4. The number of hydrogen-bond donors (Lipinski definition) is 0. The predicted molar refractivity (Wildman–Crippen MR) is 196 cm³/mol. The molecule has 0 unspecified atom stereocenters. The van der Waals surface area contributed by atoms with Gasteiger partial charge in [-0.15, -0.1) is 11.3 Å². The monoisotopic (exact) mass is 608 g/mol. The van der Waals surface area contributed by atoms with E-state index in [0.29, 0.717) is 0 Å². The molecule has 0 aliphatic rings. The van der Waals surface area contributed by atoms with E-state index in [1.54, 1.807) is 0 Å². The van der Waals surface area contributed by atoms with E-state index in [2.05, 4.69) is 180 Å². The number of fused-ring (bicyclic) bond motifs is 6. The maximum absolute atomic E-state index is 6.53. The molecule has 4 heteroatoms. The van der Waals surface area contributed by atoms with Crippen molar-refractivity contribution in [2.24, 2.45) is 0 Å². The second-order valence-electron chi connectivity index (χ2n) is 11.4. The van der Waals surface area contributed by atoms with Crippen molar-refractivity contribution in [1.82, 2.24) is 0 Å². The SMILES string of the molecule is c1ccc(N(c2ccc3c(c2)oc2ccc(N(c4ccccc4)c4ccccc4)cc23)c2ccc3c(c2)sc2ccccc23)cc1. The molecule has 7 aromatic carbocycles. The van der Waals surface area contributed by atoms with Gasteiger partial charge in [0.2, 0.25) is 0 Å². The summed E-state index contributed by atoms with van der Waals surface area (Å²) in [5.41, 5.74) is 8.29. The first kappa shape index (κ1) is 26.6. The summed E-state index contributed by atoms with van der Waals surface area (Å²) in [6.07, 6.45) is 0. The summed E-state index contributed by atoms with van der Waals surface area (Å²) >= 11 is 1.84. The molecule has 9 aromatic rings. The minimum Gasteiger partial charge on any atom is -0.456 e. The van der Waals surface area contributed by atoms with Crippen molar-refractivity contribution in [2.75, 3.05) is 9.80 Å². The van der Waals surface area contributed by atoms with E-state index in [1.807, 2.05) is 11.3 Å². The maximum atomic E-state index is 6.53. The molecule has 9 rings (SSSR count). The fraction of sp³-hybridized carbons (Fsp3) is 0. The number of anilines is 6. The second kappa shape index (κ2) is 11.0. The van der Waals surface area contributed by atoms with Crippen LogP contribution >= 0.6 is 11.3 Å². The summed E-state index contributed by atoms with van der Waals surface area (Å²) in [4.78, 5) is 4.60. The molecule has 0 aliphatic heterocycles. The predicted octanol–water partition coefficient (Wildman–Crippen LogP) is 12.9. The molecule has 0 amide bonds. The first-order chi connectivity index (χ1) is 22.8. The number of para-hydroxylation sites is 3. The molecule has 0 saturated carbocycles. The Morgan fingerprint density at radius 1 is 0.326 bits per heavy atom. The van der Waals surface area contributed by atoms with E-state index in [4.69, 9.17) is 4.42 Å². The number of rotatable bonds is 6. The fourth-order valence-corrected chi connectivity index (χ4v) is 7.65. The van der Waals surface area contributed by atoms with Crippen LogP contribution in [0.25, 0.3) is 42.1 Å². The van der Waals surface area contributed by atoms with Gasteiger partial charge in [0.1, 0.15) is 11.2 Å². The quantitative estimate of drug-likeness (QED) is 0.187. The van der Waals surface area contributed by atoms with Gasteiger partial charge in [0.15, 0.2) is 0 Å². The zero-order valence-corrected chi connectivity index (χ0v) is 25.7. The molecule has 0 spiro atoms. The Kier molecular flexibility index (Phi) is 6.32. The largest absolute Gasteiger partial charge is 0.456 e. The van der Waals surface area contributed by atoms with Gasteiger partial charge in [0, 0.05) is 71.1 Å². The van der Waals surface area contributed by atoms with Crippen LogP contribution in [0.2, 0.25) is 0 Å². The van der Waals surface area contributed by atoms with Crippen LogP contribution in [0, 0.1) is 0 Å². The van der Waals surface area contributed by atoms with Crippen LogP contribution < -0.4 is 9.80 Å². The van der Waals surface area contributed by atoms with Gasteiger partial charge in [-0.3, -0.25) is 0 Å². The highest BCUT2D eigenvalue weighted by Gasteiger charge is 2.18. The number of benzene rings is 7. The third-order valence-corrected chi connectivity index (χ3v) is 9.75. The summed E-state index contributed by atoms with van der Waals surface area (Å²) in [6.45, 7) is 0. The van der Waals surface area contributed by atoms with Crippen molar-refractivity contribution in [3.8, 4) is 0 Å². The summed E-state index contributed by atoms with van der Waals surface area (Å²) in [5, 5.41) is 4.78. The van der Waals surface area contributed by atoms with Gasteiger partial charge in [-0.1, -0.05) is 78.9 Å². The average molecular weight is 609 g/mol. The Bertz CT molecular complexity index is 2440. The lowest BCUT2D eigenvalue weighted by Crippen LogP contribution is -2.09. The molecular formula is C42H28N2OS. The molecule has 46 heavy (non-hydrogen) atoms. The molecule has 0 bridgehead atoms. The van der Waals surface area contributed by atoms with Crippen molar-refractivity contribution in [3.05, 3.63) is 170 Å². The van der Waals surface area contributed by atoms with E-state index < -0.39 is 0 Å². The standard InChI is InChI=1S/C42H28N2OS/c1-4-12-29(13-5-1)43(30-14-6-2-7-15-30)32-22-25-39-38(26-32)35-23-20-33(27-40(35)45-39)44(31-16-8-3-9-17-31)34-21-24-37-36-18-10-11-19-41(36)46-42(37)28-34/h1-28H. The summed E-state index contributed by atoms with van der Waals surface area (Å²) in [7, 11) is 0. The van der Waals surface area contributed by atoms with Crippen LogP contribution in [0.4, 0.5) is 34.1 Å². The molecular weight excluding hydrogens is 581 g/mol. The Morgan fingerprint density at radius 3 is 1.50 bits per heavy atom. The van der Waals surface area contributed by atoms with Crippen molar-refractivity contribution in [2.45, 2.75) is 0 Å². The van der Waals surface area contributed by atoms with Crippen LogP contribution in [0.5, 0.6) is 0 Å². The van der Waals surface area contributed by atoms with Crippen LogP contribution in [0.3, 0.4) is 0 Å². The lowest BCUT2D eigenvalue weighted by Gasteiger charge is -2.25. The van der Waals surface area contributed by atoms with Crippen molar-refractivity contribution in [1.29, 1.82) is 0 Å². The van der Waals surface area contributed by atoms with Crippen LogP contribution in [0.1, 0.15) is 0 Å². The van der Waals surface area contributed by atoms with Crippen LogP contribution in [0.15, 0.2) is 174 Å². The molecule has 218 valence electrons. The first-order valence-electron chi connectivity index (χ1n) is 15.4. The average Bonchev–Trinajstić information content (AvgIpc) is 3.67. The molecule has 0 radical (unpaired) electrons. The van der Waals surface area contributed by atoms with Gasteiger partial charge in [-0.05, 0) is 84.9 Å². The zero-order valence-electron chi connectivity index (χ0n) is 24.9. The number of furan rings is 1. The minimum absolute atomic E-state index is 0.861. The summed E-state index contributed by atoms with van der Waals surface area (Å²) in [6, 6.07) is 60.0. The smallest absolute Gasteiger partial charge is 0.137 e. The molecule has 2 aromatic heterocycles. The molecule has 3 nitrogen and oxygen atoms in total. The Labute approximate surface area is 270 Å². The van der Waals surface area contributed by atoms with Crippen LogP contribution in [-0.4, -0.2) is 0 Å². The highest BCUT2D eigenvalue weighted by Crippen LogP contribution is 2.43. The van der Waals surface area contributed by atoms with E-state index in [0.717, 1.165) is 56.1 Å². The van der Waals surface area contributed by atoms with E-state index in [1.165, 1.54) is 20.2 Å². The molecule has 0 aliphatic carbocycles. The fourth-order valence-electron chi connectivity index (χ4n) is 6.51. The topological polar surface area (TPSA) is 19.6 Å². The normalized spacial score (nSPS) is 11.5. The van der Waals surface area contributed by atoms with Gasteiger partial charge in [0.05, 0.1) is 0 Å². The number of nitrogens with zero attached hydrogens (tertiary/aromatic N) is 2. The minimum atomic E-state index is 0.861. The number of thiophene rings is 1. The first-order valence-corrected chi connectivity index (χ1v) is 16.2. The Hall–Kier alpha value is -5.84.